The number of aliphatic imine (C=N–C) groups is 1. The molecule has 11 heteroatoms. The van der Waals surface area contributed by atoms with Crippen LogP contribution in [0.2, 0.25) is 0 Å². The molecule has 0 spiro atoms. The Balaban J connectivity index is 2.55. The van der Waals surface area contributed by atoms with E-state index in [1.807, 2.05) is 0 Å². The molecule has 0 radical (unpaired) electrons. The van der Waals surface area contributed by atoms with E-state index in [1.54, 1.807) is 25.7 Å². The summed E-state index contributed by atoms with van der Waals surface area (Å²) < 4.78 is 3.93. The normalized spacial score (nSPS) is 10.8. The van der Waals surface area contributed by atoms with Crippen molar-refractivity contribution in [1.82, 2.24) is 23.6 Å². The third-order valence-corrected chi connectivity index (χ3v) is 3.54. The lowest BCUT2D eigenvalue weighted by Crippen LogP contribution is -2.37. The average molecular weight is 321 g/mol. The van der Waals surface area contributed by atoms with Gasteiger partial charge in [-0.05, 0) is 0 Å². The van der Waals surface area contributed by atoms with Gasteiger partial charge in [0.05, 0.1) is 6.54 Å². The maximum Gasteiger partial charge on any atom is 0.332 e. The molecule has 0 saturated carbocycles. The van der Waals surface area contributed by atoms with E-state index in [4.69, 9.17) is 16.9 Å². The number of hydrogen-bond acceptors (Lipinski definition) is 4. The summed E-state index contributed by atoms with van der Waals surface area (Å²) in [7, 11) is 6.25. The molecule has 124 valence electrons. The number of aryl methyl sites for hydroxylation is 2. The number of fused-ring (bicyclic) bond motifs is 1. The van der Waals surface area contributed by atoms with Crippen molar-refractivity contribution < 1.29 is 0 Å². The van der Waals surface area contributed by atoms with Gasteiger partial charge >= 0.3 is 5.69 Å². The highest BCUT2D eigenvalue weighted by molar-refractivity contribution is 5.91. The van der Waals surface area contributed by atoms with E-state index in [0.717, 1.165) is 4.57 Å². The first kappa shape index (κ1) is 16.3. The molecule has 0 amide bonds. The van der Waals surface area contributed by atoms with Gasteiger partial charge in [-0.2, -0.15) is 4.99 Å². The van der Waals surface area contributed by atoms with Crippen molar-refractivity contribution in [3.63, 3.8) is 0 Å². The van der Waals surface area contributed by atoms with E-state index in [1.165, 1.54) is 16.5 Å². The van der Waals surface area contributed by atoms with Crippen LogP contribution in [0, 0.1) is 5.41 Å². The van der Waals surface area contributed by atoms with Gasteiger partial charge in [0, 0.05) is 28.2 Å². The molecular formula is C12H19N9O2. The molecule has 0 bridgehead atoms. The van der Waals surface area contributed by atoms with Crippen molar-refractivity contribution in [2.75, 3.05) is 7.05 Å². The summed E-state index contributed by atoms with van der Waals surface area (Å²) in [4.78, 5) is 33.7. The number of rotatable bonds is 2. The highest BCUT2D eigenvalue weighted by Crippen LogP contribution is 2.10. The first-order valence-electron chi connectivity index (χ1n) is 6.65. The van der Waals surface area contributed by atoms with Gasteiger partial charge in [-0.15, -0.1) is 0 Å². The second-order valence-corrected chi connectivity index (χ2v) is 5.18. The van der Waals surface area contributed by atoms with Crippen LogP contribution in [-0.4, -0.2) is 42.6 Å². The largest absolute Gasteiger partial charge is 0.370 e. The summed E-state index contributed by atoms with van der Waals surface area (Å²) in [5, 5.41) is 7.75. The minimum atomic E-state index is -0.450. The summed E-state index contributed by atoms with van der Waals surface area (Å²) in [6, 6.07) is 0. The fourth-order valence-electron chi connectivity index (χ4n) is 2.20. The van der Waals surface area contributed by atoms with Gasteiger partial charge in [0.1, 0.15) is 5.82 Å². The molecule has 0 aromatic carbocycles. The van der Waals surface area contributed by atoms with Crippen LogP contribution >= 0.6 is 0 Å². The van der Waals surface area contributed by atoms with E-state index in [-0.39, 0.29) is 24.1 Å². The highest BCUT2D eigenvalue weighted by Gasteiger charge is 2.18. The van der Waals surface area contributed by atoms with Gasteiger partial charge in [-0.1, -0.05) is 0 Å². The van der Waals surface area contributed by atoms with Crippen LogP contribution in [0.25, 0.3) is 11.2 Å². The minimum absolute atomic E-state index is 0.140. The zero-order valence-corrected chi connectivity index (χ0v) is 13.4. The molecular weight excluding hydrogens is 302 g/mol. The monoisotopic (exact) mass is 321 g/mol. The standard InChI is InChI=1S/C12H19N9O2/c1-18(11(15)17-10(13)14)5-6-16-8-7(19(6)2)9(22)21(4)12(23)20(8)3/h5H2,1-4H3,(H5,13,14,15,17). The number of nitrogens with two attached hydrogens (primary N) is 2. The van der Waals surface area contributed by atoms with Gasteiger partial charge in [-0.3, -0.25) is 19.3 Å². The number of nitrogens with zero attached hydrogens (tertiary/aromatic N) is 6. The maximum atomic E-state index is 12.3. The Morgan fingerprint density at radius 2 is 1.83 bits per heavy atom. The highest BCUT2D eigenvalue weighted by atomic mass is 16.2. The average Bonchev–Trinajstić information content (AvgIpc) is 2.79. The number of nitrogens with one attached hydrogen (secondary N) is 1. The van der Waals surface area contributed by atoms with Gasteiger partial charge in [0.15, 0.2) is 17.1 Å². The fourth-order valence-corrected chi connectivity index (χ4v) is 2.20. The molecule has 0 aliphatic heterocycles. The Hall–Kier alpha value is -3.11. The molecule has 0 unspecified atom stereocenters. The van der Waals surface area contributed by atoms with E-state index in [2.05, 4.69) is 9.98 Å². The molecule has 0 atom stereocenters. The lowest BCUT2D eigenvalue weighted by molar-refractivity contribution is 0.467. The van der Waals surface area contributed by atoms with E-state index in [0.29, 0.717) is 11.3 Å². The summed E-state index contributed by atoms with van der Waals surface area (Å²) in [6.45, 7) is 0.193. The Kier molecular flexibility index (Phi) is 3.95. The molecule has 2 heterocycles. The van der Waals surface area contributed by atoms with Crippen LogP contribution in [-0.2, 0) is 27.7 Å². The van der Waals surface area contributed by atoms with Crippen molar-refractivity contribution in [3.8, 4) is 0 Å². The van der Waals surface area contributed by atoms with Crippen molar-refractivity contribution in [2.24, 2.45) is 37.6 Å². The van der Waals surface area contributed by atoms with Crippen molar-refractivity contribution in [1.29, 1.82) is 5.41 Å². The molecule has 0 aliphatic rings. The maximum absolute atomic E-state index is 12.3. The predicted octanol–water partition coefficient (Wildman–Crippen LogP) is -2.39. The van der Waals surface area contributed by atoms with Crippen LogP contribution in [0.15, 0.2) is 14.6 Å². The van der Waals surface area contributed by atoms with Crippen LogP contribution in [0.4, 0.5) is 0 Å². The predicted molar refractivity (Wildman–Crippen MR) is 86.2 cm³/mol. The quantitative estimate of drug-likeness (QED) is 0.414. The number of aromatic nitrogens is 4. The zero-order chi connectivity index (χ0) is 17.5. The van der Waals surface area contributed by atoms with Crippen LogP contribution in [0.1, 0.15) is 5.82 Å². The van der Waals surface area contributed by atoms with Crippen molar-refractivity contribution in [3.05, 3.63) is 26.7 Å². The molecule has 0 fully saturated rings. The SMILES string of the molecule is CN(Cc1nc2c(c(=O)n(C)c(=O)n2C)n1C)C(=N)N=C(N)N. The van der Waals surface area contributed by atoms with Crippen molar-refractivity contribution in [2.45, 2.75) is 6.54 Å². The van der Waals surface area contributed by atoms with E-state index in [9.17, 15) is 9.59 Å². The van der Waals surface area contributed by atoms with E-state index < -0.39 is 11.2 Å². The molecule has 0 saturated heterocycles. The second kappa shape index (κ2) is 5.59. The fraction of sp³-hybridized carbons (Fsp3) is 0.417. The lowest BCUT2D eigenvalue weighted by atomic mass is 10.5. The molecule has 11 nitrogen and oxygen atoms in total. The van der Waals surface area contributed by atoms with Gasteiger partial charge < -0.3 is 20.9 Å². The number of hydrogen-bond donors (Lipinski definition) is 3. The van der Waals surface area contributed by atoms with Gasteiger partial charge in [0.25, 0.3) is 5.56 Å². The molecule has 23 heavy (non-hydrogen) atoms. The first-order valence-corrected chi connectivity index (χ1v) is 6.65. The van der Waals surface area contributed by atoms with Crippen molar-refractivity contribution >= 4 is 23.1 Å². The zero-order valence-electron chi connectivity index (χ0n) is 13.4. The number of imidazole rings is 1. The lowest BCUT2D eigenvalue weighted by Gasteiger charge is -2.16. The van der Waals surface area contributed by atoms with Crippen LogP contribution in [0.5, 0.6) is 0 Å². The van der Waals surface area contributed by atoms with Crippen LogP contribution in [0.3, 0.4) is 0 Å². The van der Waals surface area contributed by atoms with Crippen LogP contribution < -0.4 is 22.7 Å². The third kappa shape index (κ3) is 2.67. The Morgan fingerprint density at radius 1 is 1.22 bits per heavy atom. The Morgan fingerprint density at radius 3 is 2.39 bits per heavy atom. The van der Waals surface area contributed by atoms with Gasteiger partial charge in [0.2, 0.25) is 5.96 Å². The molecule has 5 N–H and O–H groups in total. The summed E-state index contributed by atoms with van der Waals surface area (Å²) >= 11 is 0. The second-order valence-electron chi connectivity index (χ2n) is 5.18. The Labute approximate surface area is 131 Å². The third-order valence-electron chi connectivity index (χ3n) is 3.54. The smallest absolute Gasteiger partial charge is 0.332 e. The molecule has 0 aliphatic carbocycles. The van der Waals surface area contributed by atoms with Gasteiger partial charge in [-0.25, -0.2) is 9.78 Å². The van der Waals surface area contributed by atoms with E-state index >= 15 is 0 Å². The molecule has 2 rings (SSSR count). The molecule has 2 aromatic heterocycles. The first-order chi connectivity index (χ1) is 10.6. The minimum Gasteiger partial charge on any atom is -0.370 e. The summed E-state index contributed by atoms with van der Waals surface area (Å²) in [6.07, 6.45) is 0. The summed E-state index contributed by atoms with van der Waals surface area (Å²) in [5.41, 5.74) is 10.2. The number of guanidine groups is 2. The Bertz CT molecular complexity index is 927. The summed E-state index contributed by atoms with van der Waals surface area (Å²) in [5.74, 6) is 0.137. The molecule has 2 aromatic rings. The topological polar surface area (TPSA) is 153 Å².